The van der Waals surface area contributed by atoms with Crippen LogP contribution in [0.5, 0.6) is 0 Å². The molecule has 1 aromatic carbocycles. The van der Waals surface area contributed by atoms with Crippen LogP contribution in [0.2, 0.25) is 0 Å². The number of carbonyl (C=O) groups is 2. The van der Waals surface area contributed by atoms with Crippen LogP contribution in [0.25, 0.3) is 11.6 Å². The molecule has 1 amide bonds. The number of rotatable bonds is 6. The molecule has 0 unspecified atom stereocenters. The van der Waals surface area contributed by atoms with Crippen molar-refractivity contribution in [2.45, 2.75) is 11.1 Å². The number of thiophene rings is 1. The zero-order valence-electron chi connectivity index (χ0n) is 15.6. The van der Waals surface area contributed by atoms with E-state index in [4.69, 9.17) is 4.74 Å². The first-order valence-corrected chi connectivity index (χ1v) is 11.0. The van der Waals surface area contributed by atoms with Crippen LogP contribution in [0, 0.1) is 0 Å². The number of nitrogens with zero attached hydrogens (tertiary/aromatic N) is 1. The monoisotopic (exact) mass is 436 g/mol. The van der Waals surface area contributed by atoms with E-state index < -0.39 is 16.0 Å². The number of aliphatic carboxylic acids is 1. The maximum absolute atomic E-state index is 12.8. The molecule has 1 aliphatic heterocycles. The number of nitrogens with one attached hydrogen (secondary N) is 1. The van der Waals surface area contributed by atoms with Crippen LogP contribution in [0.1, 0.15) is 17.4 Å². The van der Waals surface area contributed by atoms with E-state index in [2.05, 4.69) is 5.32 Å². The maximum atomic E-state index is 12.8. The van der Waals surface area contributed by atoms with Crippen LogP contribution in [0.15, 0.2) is 40.6 Å². The van der Waals surface area contributed by atoms with Crippen molar-refractivity contribution in [2.75, 3.05) is 31.6 Å². The number of amides is 1. The van der Waals surface area contributed by atoms with Gasteiger partial charge in [-0.3, -0.25) is 4.79 Å². The summed E-state index contributed by atoms with van der Waals surface area (Å²) in [4.78, 5) is 23.2. The molecule has 0 radical (unpaired) electrons. The van der Waals surface area contributed by atoms with Crippen molar-refractivity contribution in [2.24, 2.45) is 0 Å². The van der Waals surface area contributed by atoms with Crippen molar-refractivity contribution in [1.29, 1.82) is 0 Å². The Labute approximate surface area is 172 Å². The summed E-state index contributed by atoms with van der Waals surface area (Å²) in [5.41, 5.74) is 1.20. The second-order valence-electron chi connectivity index (χ2n) is 6.30. The number of morpholine rings is 1. The van der Waals surface area contributed by atoms with Crippen molar-refractivity contribution in [3.63, 3.8) is 0 Å². The molecule has 0 saturated carbocycles. The van der Waals surface area contributed by atoms with Crippen molar-refractivity contribution in [3.8, 4) is 0 Å². The van der Waals surface area contributed by atoms with Gasteiger partial charge in [0.15, 0.2) is 0 Å². The lowest BCUT2D eigenvalue weighted by Crippen LogP contribution is -2.40. The molecule has 2 aromatic rings. The van der Waals surface area contributed by atoms with Crippen LogP contribution >= 0.6 is 11.3 Å². The Morgan fingerprint density at radius 3 is 2.38 bits per heavy atom. The van der Waals surface area contributed by atoms with Crippen LogP contribution < -0.4 is 5.32 Å². The van der Waals surface area contributed by atoms with E-state index in [9.17, 15) is 23.1 Å². The fraction of sp³-hybridized carbons (Fsp3) is 0.263. The molecule has 0 bridgehead atoms. The van der Waals surface area contributed by atoms with E-state index in [-0.39, 0.29) is 28.8 Å². The number of carboxylic acids is 1. The van der Waals surface area contributed by atoms with Gasteiger partial charge in [-0.25, -0.2) is 13.2 Å². The normalized spacial score (nSPS) is 15.8. The number of sulfonamides is 1. The minimum absolute atomic E-state index is 0.00861. The largest absolute Gasteiger partial charge is 0.478 e. The Hall–Kier alpha value is -2.53. The lowest BCUT2D eigenvalue weighted by atomic mass is 10.1. The Morgan fingerprint density at radius 2 is 1.79 bits per heavy atom. The number of benzene rings is 1. The minimum Gasteiger partial charge on any atom is -0.478 e. The summed E-state index contributed by atoms with van der Waals surface area (Å²) >= 11 is 0.924. The Balaban J connectivity index is 1.87. The lowest BCUT2D eigenvalue weighted by Gasteiger charge is -2.25. The van der Waals surface area contributed by atoms with Crippen LogP contribution in [-0.4, -0.2) is 56.0 Å². The molecule has 0 atom stereocenters. The van der Waals surface area contributed by atoms with E-state index in [0.717, 1.165) is 11.3 Å². The van der Waals surface area contributed by atoms with Crippen molar-refractivity contribution < 1.29 is 27.9 Å². The average Bonchev–Trinajstić information content (AvgIpc) is 3.18. The molecule has 0 spiro atoms. The third-order valence-electron chi connectivity index (χ3n) is 4.18. The molecule has 1 aliphatic rings. The molecular weight excluding hydrogens is 416 g/mol. The van der Waals surface area contributed by atoms with E-state index in [1.54, 1.807) is 24.3 Å². The van der Waals surface area contributed by atoms with E-state index >= 15 is 0 Å². The molecule has 2 heterocycles. The second-order valence-corrected chi connectivity index (χ2v) is 9.55. The Bertz CT molecular complexity index is 1030. The Morgan fingerprint density at radius 1 is 1.14 bits per heavy atom. The molecule has 1 fully saturated rings. The van der Waals surface area contributed by atoms with Crippen LogP contribution in [-0.2, 0) is 24.3 Å². The minimum atomic E-state index is -3.68. The number of anilines is 1. The fourth-order valence-corrected chi connectivity index (χ4v) is 5.66. The molecule has 29 heavy (non-hydrogen) atoms. The maximum Gasteiger partial charge on any atom is 0.337 e. The van der Waals surface area contributed by atoms with Crippen LogP contribution in [0.4, 0.5) is 5.69 Å². The molecule has 2 N–H and O–H groups in total. The number of hydrogen-bond acceptors (Lipinski definition) is 6. The first-order valence-electron chi connectivity index (χ1n) is 8.78. The van der Waals surface area contributed by atoms with Gasteiger partial charge in [-0.2, -0.15) is 4.31 Å². The molecule has 1 saturated heterocycles. The van der Waals surface area contributed by atoms with Gasteiger partial charge in [0.1, 0.15) is 4.21 Å². The summed E-state index contributed by atoms with van der Waals surface area (Å²) in [6.07, 6.45) is 1.47. The second kappa shape index (κ2) is 8.87. The fourth-order valence-electron chi connectivity index (χ4n) is 2.79. The highest BCUT2D eigenvalue weighted by Gasteiger charge is 2.28. The number of ether oxygens (including phenoxy) is 1. The van der Waals surface area contributed by atoms with Crippen LogP contribution in [0.3, 0.4) is 0 Å². The van der Waals surface area contributed by atoms with Gasteiger partial charge in [0.2, 0.25) is 5.91 Å². The summed E-state index contributed by atoms with van der Waals surface area (Å²) in [6, 6.07) is 9.61. The van der Waals surface area contributed by atoms with E-state index in [0.29, 0.717) is 29.3 Å². The third-order valence-corrected chi connectivity index (χ3v) is 7.67. The number of carbonyl (C=O) groups excluding carboxylic acids is 1. The predicted octanol–water partition coefficient (Wildman–Crippen LogP) is 2.35. The van der Waals surface area contributed by atoms with Gasteiger partial charge in [0.25, 0.3) is 10.0 Å². The first kappa shape index (κ1) is 21.2. The summed E-state index contributed by atoms with van der Waals surface area (Å²) in [6.45, 7) is 2.63. The van der Waals surface area contributed by atoms with Gasteiger partial charge in [0, 0.05) is 30.6 Å². The highest BCUT2D eigenvalue weighted by atomic mass is 32.2. The first-order chi connectivity index (χ1) is 13.8. The summed E-state index contributed by atoms with van der Waals surface area (Å²) in [7, 11) is -3.68. The van der Waals surface area contributed by atoms with Gasteiger partial charge in [-0.15, -0.1) is 11.3 Å². The third kappa shape index (κ3) is 5.10. The van der Waals surface area contributed by atoms with Crippen molar-refractivity contribution in [3.05, 3.63) is 46.8 Å². The van der Waals surface area contributed by atoms with Crippen molar-refractivity contribution >= 4 is 50.6 Å². The molecule has 154 valence electrons. The SMILES string of the molecule is CC(=O)Nc1ccc(/C=C(\C(=O)O)c2ccc(S(=O)(=O)N3CCOCC3)s2)cc1. The molecule has 0 aliphatic carbocycles. The predicted molar refractivity (Wildman–Crippen MR) is 110 cm³/mol. The number of hydrogen-bond donors (Lipinski definition) is 2. The van der Waals surface area contributed by atoms with Gasteiger partial charge >= 0.3 is 5.97 Å². The molecule has 8 nitrogen and oxygen atoms in total. The van der Waals surface area contributed by atoms with Gasteiger partial charge in [-0.05, 0) is 35.9 Å². The van der Waals surface area contributed by atoms with E-state index in [1.807, 2.05) is 0 Å². The summed E-state index contributed by atoms with van der Waals surface area (Å²) < 4.78 is 32.1. The quantitative estimate of drug-likeness (QED) is 0.672. The zero-order chi connectivity index (χ0) is 21.0. The van der Waals surface area contributed by atoms with Gasteiger partial charge in [0.05, 0.1) is 18.8 Å². The smallest absolute Gasteiger partial charge is 0.337 e. The highest BCUT2D eigenvalue weighted by molar-refractivity contribution is 7.91. The van der Waals surface area contributed by atoms with Gasteiger partial charge < -0.3 is 15.2 Å². The standard InChI is InChI=1S/C19H20N2O6S2/c1-13(22)20-15-4-2-14(3-5-15)12-16(19(23)24)17-6-7-18(28-17)29(25,26)21-8-10-27-11-9-21/h2-7,12H,8-11H2,1H3,(H,20,22)(H,23,24)/b16-12-. The van der Waals surface area contributed by atoms with Gasteiger partial charge in [-0.1, -0.05) is 12.1 Å². The highest BCUT2D eigenvalue weighted by Crippen LogP contribution is 2.31. The summed E-state index contributed by atoms with van der Waals surface area (Å²) in [5, 5.41) is 12.3. The summed E-state index contributed by atoms with van der Waals surface area (Å²) in [5.74, 6) is -1.36. The Kier molecular flexibility index (Phi) is 6.48. The van der Waals surface area contributed by atoms with Crippen molar-refractivity contribution in [1.82, 2.24) is 4.31 Å². The molecular formula is C19H20N2O6S2. The lowest BCUT2D eigenvalue weighted by molar-refractivity contribution is -0.130. The molecule has 10 heteroatoms. The topological polar surface area (TPSA) is 113 Å². The molecule has 3 rings (SSSR count). The van der Waals surface area contributed by atoms with E-state index in [1.165, 1.54) is 29.4 Å². The molecule has 1 aromatic heterocycles. The zero-order valence-corrected chi connectivity index (χ0v) is 17.3. The number of carboxylic acid groups (broad SMARTS) is 1. The average molecular weight is 437 g/mol.